The van der Waals surface area contributed by atoms with Crippen LogP contribution in [0.25, 0.3) is 11.4 Å². The molecule has 0 aliphatic heterocycles. The first kappa shape index (κ1) is 15.8. The average Bonchev–Trinajstić information content (AvgIpc) is 3.08. The third-order valence-electron chi connectivity index (χ3n) is 3.41. The van der Waals surface area contributed by atoms with Crippen molar-refractivity contribution in [1.82, 2.24) is 15.1 Å². The van der Waals surface area contributed by atoms with Crippen LogP contribution in [0.3, 0.4) is 0 Å². The van der Waals surface area contributed by atoms with Gasteiger partial charge in [0.25, 0.3) is 5.89 Å². The molecule has 0 fully saturated rings. The monoisotopic (exact) mass is 327 g/mol. The molecule has 0 amide bonds. The zero-order chi connectivity index (χ0) is 17.1. The number of hydrogen-bond acceptors (Lipinski definition) is 6. The first-order valence-corrected chi connectivity index (χ1v) is 7.25. The summed E-state index contributed by atoms with van der Waals surface area (Å²) >= 11 is 0. The van der Waals surface area contributed by atoms with E-state index < -0.39 is 17.9 Å². The van der Waals surface area contributed by atoms with E-state index in [1.807, 2.05) is 0 Å². The molecular formula is C17H14FN3O3. The van der Waals surface area contributed by atoms with Crippen molar-refractivity contribution in [3.05, 3.63) is 65.6 Å². The Labute approximate surface area is 137 Å². The zero-order valence-electron chi connectivity index (χ0n) is 13.1. The van der Waals surface area contributed by atoms with Crippen LogP contribution in [-0.2, 0) is 4.74 Å². The molecule has 0 aliphatic rings. The van der Waals surface area contributed by atoms with E-state index >= 15 is 0 Å². The van der Waals surface area contributed by atoms with Gasteiger partial charge in [-0.05, 0) is 43.7 Å². The molecule has 0 saturated heterocycles. The zero-order valence-corrected chi connectivity index (χ0v) is 13.1. The van der Waals surface area contributed by atoms with Crippen LogP contribution in [-0.4, -0.2) is 21.1 Å². The van der Waals surface area contributed by atoms with Gasteiger partial charge in [0.1, 0.15) is 5.82 Å². The molecule has 0 saturated carbocycles. The predicted octanol–water partition coefficient (Wildman–Crippen LogP) is 3.50. The van der Waals surface area contributed by atoms with Crippen LogP contribution in [0.5, 0.6) is 0 Å². The summed E-state index contributed by atoms with van der Waals surface area (Å²) in [6.45, 7) is 3.31. The number of rotatable bonds is 4. The van der Waals surface area contributed by atoms with E-state index in [1.165, 1.54) is 12.1 Å². The Kier molecular flexibility index (Phi) is 4.33. The molecule has 1 aromatic carbocycles. The minimum Gasteiger partial charge on any atom is -0.449 e. The number of carbonyl (C=O) groups is 1. The maximum Gasteiger partial charge on any atom is 0.339 e. The van der Waals surface area contributed by atoms with E-state index in [2.05, 4.69) is 15.1 Å². The third kappa shape index (κ3) is 3.29. The largest absolute Gasteiger partial charge is 0.449 e. The second-order valence-electron chi connectivity index (χ2n) is 5.20. The van der Waals surface area contributed by atoms with Gasteiger partial charge in [-0.15, -0.1) is 0 Å². The Bertz CT molecular complexity index is 865. The summed E-state index contributed by atoms with van der Waals surface area (Å²) in [5, 5.41) is 3.84. The molecule has 122 valence electrons. The predicted molar refractivity (Wildman–Crippen MR) is 82.5 cm³/mol. The van der Waals surface area contributed by atoms with Crippen LogP contribution in [0.1, 0.15) is 34.8 Å². The highest BCUT2D eigenvalue weighted by molar-refractivity contribution is 5.91. The van der Waals surface area contributed by atoms with Crippen LogP contribution in [0, 0.1) is 12.7 Å². The molecule has 2 aromatic heterocycles. The normalized spacial score (nSPS) is 12.0. The standard InChI is InChI=1S/C17H14FN3O3/c1-10-5-6-13(18)8-14(10)17(22)23-11(2)16-20-15(21-24-16)12-4-3-7-19-9-12/h3-9,11H,1-2H3/t11-/m0/s1. The van der Waals surface area contributed by atoms with Crippen LogP contribution >= 0.6 is 0 Å². The van der Waals surface area contributed by atoms with E-state index in [1.54, 1.807) is 38.4 Å². The fraction of sp³-hybridized carbons (Fsp3) is 0.176. The number of carbonyl (C=O) groups excluding carboxylic acids is 1. The van der Waals surface area contributed by atoms with Gasteiger partial charge < -0.3 is 9.26 Å². The van der Waals surface area contributed by atoms with Crippen LogP contribution < -0.4 is 0 Å². The Morgan fingerprint density at radius 1 is 1.33 bits per heavy atom. The first-order chi connectivity index (χ1) is 11.5. The second kappa shape index (κ2) is 6.57. The molecule has 0 aliphatic carbocycles. The highest BCUT2D eigenvalue weighted by atomic mass is 19.1. The number of pyridine rings is 1. The van der Waals surface area contributed by atoms with Crippen molar-refractivity contribution >= 4 is 5.97 Å². The molecule has 0 unspecified atom stereocenters. The highest BCUT2D eigenvalue weighted by Gasteiger charge is 2.21. The van der Waals surface area contributed by atoms with Gasteiger partial charge in [0.15, 0.2) is 6.10 Å². The lowest BCUT2D eigenvalue weighted by molar-refractivity contribution is 0.0264. The molecule has 6 nitrogen and oxygen atoms in total. The van der Waals surface area contributed by atoms with Crippen molar-refractivity contribution in [2.45, 2.75) is 20.0 Å². The minimum absolute atomic E-state index is 0.149. The molecular weight excluding hydrogens is 313 g/mol. The van der Waals surface area contributed by atoms with Crippen LogP contribution in [0.2, 0.25) is 0 Å². The topological polar surface area (TPSA) is 78.1 Å². The van der Waals surface area contributed by atoms with Gasteiger partial charge in [-0.25, -0.2) is 9.18 Å². The Morgan fingerprint density at radius 2 is 2.17 bits per heavy atom. The highest BCUT2D eigenvalue weighted by Crippen LogP contribution is 2.22. The fourth-order valence-corrected chi connectivity index (χ4v) is 2.10. The van der Waals surface area contributed by atoms with Gasteiger partial charge >= 0.3 is 5.97 Å². The quantitative estimate of drug-likeness (QED) is 0.683. The SMILES string of the molecule is Cc1ccc(F)cc1C(=O)O[C@@H](C)c1nc(-c2cccnc2)no1. The molecule has 0 spiro atoms. The maximum absolute atomic E-state index is 13.3. The van der Waals surface area contributed by atoms with Crippen molar-refractivity contribution in [2.24, 2.45) is 0 Å². The number of ether oxygens (including phenoxy) is 1. The van der Waals surface area contributed by atoms with Crippen molar-refractivity contribution in [2.75, 3.05) is 0 Å². The first-order valence-electron chi connectivity index (χ1n) is 7.25. The summed E-state index contributed by atoms with van der Waals surface area (Å²) in [6.07, 6.45) is 2.47. The number of esters is 1. The average molecular weight is 327 g/mol. The van der Waals surface area contributed by atoms with Gasteiger partial charge in [0, 0.05) is 18.0 Å². The number of aromatic nitrogens is 3. The van der Waals surface area contributed by atoms with Crippen LogP contribution in [0.15, 0.2) is 47.2 Å². The number of benzene rings is 1. The van der Waals surface area contributed by atoms with Crippen molar-refractivity contribution < 1.29 is 18.4 Å². The lowest BCUT2D eigenvalue weighted by Gasteiger charge is -2.10. The van der Waals surface area contributed by atoms with Crippen molar-refractivity contribution in [3.8, 4) is 11.4 Å². The Balaban J connectivity index is 1.75. The van der Waals surface area contributed by atoms with Gasteiger partial charge in [0.2, 0.25) is 5.82 Å². The number of hydrogen-bond donors (Lipinski definition) is 0. The summed E-state index contributed by atoms with van der Waals surface area (Å²) in [6, 6.07) is 7.48. The second-order valence-corrected chi connectivity index (χ2v) is 5.20. The third-order valence-corrected chi connectivity index (χ3v) is 3.41. The van der Waals surface area contributed by atoms with Gasteiger partial charge in [-0.2, -0.15) is 4.98 Å². The lowest BCUT2D eigenvalue weighted by atomic mass is 10.1. The summed E-state index contributed by atoms with van der Waals surface area (Å²) in [5.41, 5.74) is 1.47. The van der Waals surface area contributed by atoms with Crippen LogP contribution in [0.4, 0.5) is 4.39 Å². The molecule has 2 heterocycles. The maximum atomic E-state index is 13.3. The lowest BCUT2D eigenvalue weighted by Crippen LogP contribution is -2.11. The summed E-state index contributed by atoms with van der Waals surface area (Å²) < 4.78 is 23.7. The fourth-order valence-electron chi connectivity index (χ4n) is 2.10. The molecule has 7 heteroatoms. The molecule has 3 aromatic rings. The van der Waals surface area contributed by atoms with E-state index in [0.717, 1.165) is 6.07 Å². The van der Waals surface area contributed by atoms with E-state index in [0.29, 0.717) is 17.0 Å². The van der Waals surface area contributed by atoms with Gasteiger partial charge in [-0.1, -0.05) is 11.2 Å². The Morgan fingerprint density at radius 3 is 2.92 bits per heavy atom. The molecule has 0 radical (unpaired) electrons. The number of halogens is 1. The summed E-state index contributed by atoms with van der Waals surface area (Å²) in [5.74, 6) is -0.656. The minimum atomic E-state index is -0.766. The number of aryl methyl sites for hydroxylation is 1. The molecule has 1 atom stereocenters. The van der Waals surface area contributed by atoms with E-state index in [9.17, 15) is 9.18 Å². The van der Waals surface area contributed by atoms with Crippen molar-refractivity contribution in [1.29, 1.82) is 0 Å². The molecule has 3 rings (SSSR count). The Hall–Kier alpha value is -3.09. The number of nitrogens with zero attached hydrogens (tertiary/aromatic N) is 3. The van der Waals surface area contributed by atoms with Gasteiger partial charge in [-0.3, -0.25) is 4.98 Å². The van der Waals surface area contributed by atoms with Crippen molar-refractivity contribution in [3.63, 3.8) is 0 Å². The molecule has 0 bridgehead atoms. The summed E-state index contributed by atoms with van der Waals surface area (Å²) in [7, 11) is 0. The van der Waals surface area contributed by atoms with E-state index in [-0.39, 0.29) is 11.5 Å². The van der Waals surface area contributed by atoms with Gasteiger partial charge in [0.05, 0.1) is 5.56 Å². The smallest absolute Gasteiger partial charge is 0.339 e. The molecule has 24 heavy (non-hydrogen) atoms. The summed E-state index contributed by atoms with van der Waals surface area (Å²) in [4.78, 5) is 20.4. The van der Waals surface area contributed by atoms with E-state index in [4.69, 9.17) is 9.26 Å². The molecule has 0 N–H and O–H groups in total.